The van der Waals surface area contributed by atoms with E-state index in [0.29, 0.717) is 11.6 Å². The Morgan fingerprint density at radius 2 is 2.26 bits per heavy atom. The van der Waals surface area contributed by atoms with Crippen LogP contribution in [0.15, 0.2) is 11.1 Å². The molecule has 0 bridgehead atoms. The summed E-state index contributed by atoms with van der Waals surface area (Å²) in [7, 11) is 1.63. The molecule has 0 unspecified atom stereocenters. The first-order valence-electron chi connectivity index (χ1n) is 5.65. The minimum atomic E-state index is -0.678. The lowest BCUT2D eigenvalue weighted by Gasteiger charge is -2.12. The maximum absolute atomic E-state index is 11.7. The van der Waals surface area contributed by atoms with Gasteiger partial charge in [0.2, 0.25) is 5.95 Å². The molecule has 0 atom stereocenters. The highest BCUT2D eigenvalue weighted by Crippen LogP contribution is 2.08. The number of ether oxygens (including phenoxy) is 1. The van der Waals surface area contributed by atoms with E-state index in [-0.39, 0.29) is 31.0 Å². The van der Waals surface area contributed by atoms with Crippen LogP contribution < -0.4 is 10.9 Å². The Bertz CT molecular complexity index is 603. The van der Waals surface area contributed by atoms with E-state index in [1.54, 1.807) is 7.05 Å². The predicted octanol–water partition coefficient (Wildman–Crippen LogP) is -1.51. The maximum Gasteiger partial charge on any atom is 0.280 e. The molecule has 2 aromatic rings. The van der Waals surface area contributed by atoms with E-state index >= 15 is 0 Å². The number of aromatic amines is 1. The number of hydrogen-bond donors (Lipinski definition) is 4. The van der Waals surface area contributed by atoms with Crippen LogP contribution in [0.3, 0.4) is 0 Å². The lowest BCUT2D eigenvalue weighted by atomic mass is 10.4. The number of H-pyrrole nitrogens is 1. The molecule has 0 saturated carbocycles. The molecule has 0 saturated heterocycles. The van der Waals surface area contributed by atoms with E-state index in [4.69, 9.17) is 14.9 Å². The fourth-order valence-corrected chi connectivity index (χ4v) is 1.52. The number of anilines is 1. The third-order valence-corrected chi connectivity index (χ3v) is 2.57. The molecular formula is C10H15N5O4. The molecule has 0 radical (unpaired) electrons. The van der Waals surface area contributed by atoms with Gasteiger partial charge in [-0.1, -0.05) is 0 Å². The smallest absolute Gasteiger partial charge is 0.280 e. The van der Waals surface area contributed by atoms with Crippen molar-refractivity contribution in [3.05, 3.63) is 16.7 Å². The van der Waals surface area contributed by atoms with Crippen LogP contribution in [0.2, 0.25) is 0 Å². The predicted molar refractivity (Wildman–Crippen MR) is 66.7 cm³/mol. The number of aromatic nitrogens is 4. The normalized spacial score (nSPS) is 11.4. The van der Waals surface area contributed by atoms with E-state index in [0.717, 1.165) is 0 Å². The van der Waals surface area contributed by atoms with Crippen molar-refractivity contribution < 1.29 is 14.9 Å². The molecule has 2 heterocycles. The van der Waals surface area contributed by atoms with Crippen LogP contribution in [0.1, 0.15) is 0 Å². The summed E-state index contributed by atoms with van der Waals surface area (Å²) in [5.74, 6) is 0.320. The summed E-state index contributed by atoms with van der Waals surface area (Å²) >= 11 is 0. The second-order valence-corrected chi connectivity index (χ2v) is 3.83. The van der Waals surface area contributed by atoms with Crippen LogP contribution >= 0.6 is 0 Å². The molecule has 2 rings (SSSR count). The third kappa shape index (κ3) is 2.72. The fourth-order valence-electron chi connectivity index (χ4n) is 1.52. The Labute approximate surface area is 107 Å². The number of aliphatic hydroxyl groups is 2. The summed E-state index contributed by atoms with van der Waals surface area (Å²) < 4.78 is 6.77. The SMILES string of the molecule is CNc1nc2c(ncn2COC(CO)CO)c(=O)[nH]1. The van der Waals surface area contributed by atoms with Gasteiger partial charge in [0.05, 0.1) is 19.5 Å². The van der Waals surface area contributed by atoms with Crippen molar-refractivity contribution in [1.82, 2.24) is 19.5 Å². The second-order valence-electron chi connectivity index (χ2n) is 3.83. The van der Waals surface area contributed by atoms with Gasteiger partial charge in [-0.05, 0) is 0 Å². The number of imidazole rings is 1. The van der Waals surface area contributed by atoms with Gasteiger partial charge in [0.15, 0.2) is 11.2 Å². The van der Waals surface area contributed by atoms with Crippen molar-refractivity contribution in [1.29, 1.82) is 0 Å². The largest absolute Gasteiger partial charge is 0.394 e. The Morgan fingerprint density at radius 3 is 2.89 bits per heavy atom. The molecule has 0 amide bonds. The molecule has 0 fully saturated rings. The van der Waals surface area contributed by atoms with Crippen LogP contribution in [0.4, 0.5) is 5.95 Å². The van der Waals surface area contributed by atoms with Gasteiger partial charge >= 0.3 is 0 Å². The average molecular weight is 269 g/mol. The number of aliphatic hydroxyl groups excluding tert-OH is 2. The van der Waals surface area contributed by atoms with Crippen molar-refractivity contribution in [3.63, 3.8) is 0 Å². The minimum absolute atomic E-state index is 0.0297. The van der Waals surface area contributed by atoms with Gasteiger partial charge in [-0.3, -0.25) is 14.3 Å². The Morgan fingerprint density at radius 1 is 1.53 bits per heavy atom. The van der Waals surface area contributed by atoms with Gasteiger partial charge in [-0.25, -0.2) is 4.98 Å². The molecule has 104 valence electrons. The summed E-state index contributed by atoms with van der Waals surface area (Å²) in [6.07, 6.45) is 0.737. The third-order valence-electron chi connectivity index (χ3n) is 2.57. The topological polar surface area (TPSA) is 125 Å². The standard InChI is InChI=1S/C10H15N5O4/c1-11-10-13-8-7(9(18)14-10)12-4-15(8)5-19-6(2-16)3-17/h4,6,16-17H,2-3,5H2,1H3,(H2,11,13,14,18). The number of nitrogens with zero attached hydrogens (tertiary/aromatic N) is 3. The quantitative estimate of drug-likeness (QED) is 0.502. The number of hydrogen-bond acceptors (Lipinski definition) is 7. The van der Waals surface area contributed by atoms with Crippen molar-refractivity contribution in [2.45, 2.75) is 12.8 Å². The van der Waals surface area contributed by atoms with Gasteiger partial charge in [-0.2, -0.15) is 4.98 Å². The molecule has 19 heavy (non-hydrogen) atoms. The highest BCUT2D eigenvalue weighted by Gasteiger charge is 2.11. The molecule has 0 aliphatic heterocycles. The van der Waals surface area contributed by atoms with Crippen molar-refractivity contribution in [3.8, 4) is 0 Å². The Kier molecular flexibility index (Phi) is 4.10. The Hall–Kier alpha value is -1.97. The van der Waals surface area contributed by atoms with Crippen molar-refractivity contribution in [2.75, 3.05) is 25.6 Å². The van der Waals surface area contributed by atoms with Crippen molar-refractivity contribution >= 4 is 17.1 Å². The van der Waals surface area contributed by atoms with Crippen molar-refractivity contribution in [2.24, 2.45) is 0 Å². The average Bonchev–Trinajstić information content (AvgIpc) is 2.83. The molecule has 2 aromatic heterocycles. The molecule has 0 aromatic carbocycles. The maximum atomic E-state index is 11.7. The van der Waals surface area contributed by atoms with Crippen LogP contribution in [0.5, 0.6) is 0 Å². The van der Waals surface area contributed by atoms with E-state index < -0.39 is 6.10 Å². The van der Waals surface area contributed by atoms with Gasteiger partial charge < -0.3 is 20.3 Å². The first kappa shape index (κ1) is 13.5. The molecule has 9 heteroatoms. The minimum Gasteiger partial charge on any atom is -0.394 e. The molecular weight excluding hydrogens is 254 g/mol. The summed E-state index contributed by atoms with van der Waals surface area (Å²) in [5.41, 5.74) is 0.212. The van der Waals surface area contributed by atoms with Gasteiger partial charge in [0.25, 0.3) is 5.56 Å². The van der Waals surface area contributed by atoms with Crippen LogP contribution in [0.25, 0.3) is 11.2 Å². The number of nitrogens with one attached hydrogen (secondary N) is 2. The zero-order valence-corrected chi connectivity index (χ0v) is 10.3. The van der Waals surface area contributed by atoms with E-state index in [1.165, 1.54) is 10.9 Å². The van der Waals surface area contributed by atoms with E-state index in [2.05, 4.69) is 20.3 Å². The Balaban J connectivity index is 2.29. The summed E-state index contributed by atoms with van der Waals surface area (Å²) in [4.78, 5) is 22.3. The highest BCUT2D eigenvalue weighted by atomic mass is 16.5. The molecule has 9 nitrogen and oxygen atoms in total. The number of rotatable bonds is 6. The first-order valence-corrected chi connectivity index (χ1v) is 5.65. The molecule has 0 aliphatic rings. The lowest BCUT2D eigenvalue weighted by Crippen LogP contribution is -2.23. The van der Waals surface area contributed by atoms with E-state index in [9.17, 15) is 4.79 Å². The highest BCUT2D eigenvalue weighted by molar-refractivity contribution is 5.70. The molecule has 4 N–H and O–H groups in total. The lowest BCUT2D eigenvalue weighted by molar-refractivity contribution is -0.0488. The summed E-state index contributed by atoms with van der Waals surface area (Å²) in [6, 6.07) is 0. The summed E-state index contributed by atoms with van der Waals surface area (Å²) in [5, 5.41) is 20.5. The zero-order valence-electron chi connectivity index (χ0n) is 10.3. The monoisotopic (exact) mass is 269 g/mol. The summed E-state index contributed by atoms with van der Waals surface area (Å²) in [6.45, 7) is -0.556. The second kappa shape index (κ2) is 5.78. The molecule has 0 aliphatic carbocycles. The van der Waals surface area contributed by atoms with Gasteiger partial charge in [0.1, 0.15) is 12.8 Å². The van der Waals surface area contributed by atoms with Crippen LogP contribution in [0, 0.1) is 0 Å². The van der Waals surface area contributed by atoms with Crippen LogP contribution in [-0.2, 0) is 11.5 Å². The van der Waals surface area contributed by atoms with E-state index in [1.807, 2.05) is 0 Å². The van der Waals surface area contributed by atoms with Crippen LogP contribution in [-0.4, -0.2) is 56.1 Å². The zero-order chi connectivity index (χ0) is 13.8. The van der Waals surface area contributed by atoms with Gasteiger partial charge in [-0.15, -0.1) is 0 Å². The number of fused-ring (bicyclic) bond motifs is 1. The van der Waals surface area contributed by atoms with Gasteiger partial charge in [0, 0.05) is 7.05 Å². The first-order chi connectivity index (χ1) is 9.19. The fraction of sp³-hybridized carbons (Fsp3) is 0.500. The molecule has 0 spiro atoms.